The summed E-state index contributed by atoms with van der Waals surface area (Å²) in [5.41, 5.74) is 2.44. The molecule has 3 rings (SSSR count). The molecule has 0 radical (unpaired) electrons. The fraction of sp³-hybridized carbons (Fsp3) is 0.227. The first-order chi connectivity index (χ1) is 14.4. The number of piperazine rings is 1. The minimum atomic E-state index is -0.0803. The Kier molecular flexibility index (Phi) is 6.80. The molecule has 0 unspecified atom stereocenters. The topological polar surface area (TPSA) is 68.5 Å². The molecular formula is C22H22Cl2N4O2. The second-order valence-electron chi connectivity index (χ2n) is 6.73. The van der Waals surface area contributed by atoms with E-state index >= 15 is 0 Å². The van der Waals surface area contributed by atoms with Gasteiger partial charge in [-0.3, -0.25) is 14.8 Å². The minimum absolute atomic E-state index is 0.0677. The average Bonchev–Trinajstić information content (AvgIpc) is 2.76. The molecule has 0 atom stereocenters. The maximum absolute atomic E-state index is 11.9. The Bertz CT molecular complexity index is 1030. The number of phenols is 1. The van der Waals surface area contributed by atoms with Crippen molar-refractivity contribution in [1.29, 1.82) is 0 Å². The minimum Gasteiger partial charge on any atom is -0.507 e. The molecule has 2 aromatic carbocycles. The van der Waals surface area contributed by atoms with Crippen LogP contribution in [0.4, 0.5) is 5.69 Å². The lowest BCUT2D eigenvalue weighted by molar-refractivity contribution is -0.127. The maximum atomic E-state index is 11.9. The van der Waals surface area contributed by atoms with Gasteiger partial charge in [-0.15, -0.1) is 0 Å². The number of aliphatic imine (C=N–C) groups is 2. The molecule has 0 aliphatic carbocycles. The van der Waals surface area contributed by atoms with E-state index in [-0.39, 0.29) is 11.7 Å². The molecule has 8 heteroatoms. The summed E-state index contributed by atoms with van der Waals surface area (Å²) in [6.45, 7) is 9.56. The zero-order valence-corrected chi connectivity index (χ0v) is 18.1. The molecule has 1 aliphatic heterocycles. The number of hydrogen-bond donors (Lipinski definition) is 1. The average molecular weight is 445 g/mol. The lowest BCUT2D eigenvalue weighted by atomic mass is 9.99. The van der Waals surface area contributed by atoms with Gasteiger partial charge in [0, 0.05) is 54.9 Å². The highest BCUT2D eigenvalue weighted by Crippen LogP contribution is 2.40. The van der Waals surface area contributed by atoms with E-state index in [9.17, 15) is 9.90 Å². The number of rotatable bonds is 4. The van der Waals surface area contributed by atoms with Gasteiger partial charge in [0.05, 0.1) is 10.7 Å². The first-order valence-corrected chi connectivity index (χ1v) is 10.1. The number of carbonyl (C=O) groups excluding carboxylic acids is 1. The van der Waals surface area contributed by atoms with Gasteiger partial charge in [-0.2, -0.15) is 0 Å². The zero-order valence-electron chi connectivity index (χ0n) is 16.6. The summed E-state index contributed by atoms with van der Waals surface area (Å²) in [5.74, 6) is 0.698. The lowest BCUT2D eigenvalue weighted by Gasteiger charge is -2.36. The van der Waals surface area contributed by atoms with Crippen LogP contribution >= 0.6 is 23.2 Å². The predicted molar refractivity (Wildman–Crippen MR) is 124 cm³/mol. The Balaban J connectivity index is 2.01. The molecule has 2 aromatic rings. The molecule has 1 amide bonds. The number of nitrogens with zero attached hydrogens (tertiary/aromatic N) is 4. The van der Waals surface area contributed by atoms with Crippen molar-refractivity contribution in [2.75, 3.05) is 33.2 Å². The van der Waals surface area contributed by atoms with Crippen molar-refractivity contribution in [1.82, 2.24) is 9.80 Å². The van der Waals surface area contributed by atoms with Gasteiger partial charge in [0.1, 0.15) is 11.6 Å². The molecule has 0 saturated carbocycles. The molecule has 1 N–H and O–H groups in total. The van der Waals surface area contributed by atoms with Gasteiger partial charge in [-0.1, -0.05) is 29.8 Å². The van der Waals surface area contributed by atoms with Crippen LogP contribution < -0.4 is 0 Å². The van der Waals surface area contributed by atoms with E-state index in [1.165, 1.54) is 12.1 Å². The van der Waals surface area contributed by atoms with E-state index in [1.807, 2.05) is 6.07 Å². The number of hydrogen-bond acceptors (Lipinski definition) is 4. The van der Waals surface area contributed by atoms with Crippen LogP contribution in [0.25, 0.3) is 11.1 Å². The summed E-state index contributed by atoms with van der Waals surface area (Å²) in [4.78, 5) is 24.3. The molecular weight excluding hydrogens is 423 g/mol. The van der Waals surface area contributed by atoms with Crippen LogP contribution in [0.15, 0.2) is 53.0 Å². The van der Waals surface area contributed by atoms with Crippen LogP contribution in [0.2, 0.25) is 10.0 Å². The Morgan fingerprint density at radius 1 is 1.10 bits per heavy atom. The van der Waals surface area contributed by atoms with Crippen molar-refractivity contribution in [2.24, 2.45) is 9.98 Å². The predicted octanol–water partition coefficient (Wildman–Crippen LogP) is 4.40. The van der Waals surface area contributed by atoms with Gasteiger partial charge < -0.3 is 14.9 Å². The summed E-state index contributed by atoms with van der Waals surface area (Å²) in [6.07, 6.45) is 1.33. The lowest BCUT2D eigenvalue weighted by Crippen LogP contribution is -2.50. The number of aromatic hydroxyl groups is 1. The van der Waals surface area contributed by atoms with Crippen LogP contribution in [0.5, 0.6) is 5.75 Å². The highest BCUT2D eigenvalue weighted by atomic mass is 35.5. The normalized spacial score (nSPS) is 14.6. The highest BCUT2D eigenvalue weighted by Gasteiger charge is 2.25. The van der Waals surface area contributed by atoms with Crippen LogP contribution in [0, 0.1) is 0 Å². The summed E-state index contributed by atoms with van der Waals surface area (Å²) in [5, 5.41) is 11.2. The van der Waals surface area contributed by atoms with Crippen LogP contribution in [0.3, 0.4) is 0 Å². The number of phenolic OH excluding ortho intramolecular Hbond substituents is 1. The summed E-state index contributed by atoms with van der Waals surface area (Å²) in [7, 11) is 1.70. The van der Waals surface area contributed by atoms with Gasteiger partial charge >= 0.3 is 0 Å². The fourth-order valence-corrected chi connectivity index (χ4v) is 3.93. The SMILES string of the molecule is C=CC(=O)N1CCN(/C(=N/C)c2cc(-c3cc(Cl)ccc3O)c(Cl)cc2N=C)CC1. The number of amides is 1. The van der Waals surface area contributed by atoms with Crippen LogP contribution in [-0.2, 0) is 4.79 Å². The van der Waals surface area contributed by atoms with Gasteiger partial charge in [0.15, 0.2) is 0 Å². The monoisotopic (exact) mass is 444 g/mol. The van der Waals surface area contributed by atoms with Crippen molar-refractivity contribution >= 4 is 47.3 Å². The molecule has 1 saturated heterocycles. The third kappa shape index (κ3) is 4.35. The number of halogens is 2. The molecule has 1 aliphatic rings. The maximum Gasteiger partial charge on any atom is 0.246 e. The van der Waals surface area contributed by atoms with Gasteiger partial charge in [0.25, 0.3) is 0 Å². The van der Waals surface area contributed by atoms with Crippen molar-refractivity contribution in [2.45, 2.75) is 0 Å². The van der Waals surface area contributed by atoms with Crippen molar-refractivity contribution in [3.05, 3.63) is 58.6 Å². The van der Waals surface area contributed by atoms with Gasteiger partial charge in [-0.25, -0.2) is 0 Å². The summed E-state index contributed by atoms with van der Waals surface area (Å²) in [6, 6.07) is 8.32. The van der Waals surface area contributed by atoms with Crippen molar-refractivity contribution < 1.29 is 9.90 Å². The van der Waals surface area contributed by atoms with Gasteiger partial charge in [-0.05, 0) is 43.1 Å². The van der Waals surface area contributed by atoms with Crippen LogP contribution in [0.1, 0.15) is 5.56 Å². The smallest absolute Gasteiger partial charge is 0.246 e. The molecule has 0 spiro atoms. The summed E-state index contributed by atoms with van der Waals surface area (Å²) < 4.78 is 0. The second kappa shape index (κ2) is 9.32. The molecule has 6 nitrogen and oxygen atoms in total. The Morgan fingerprint density at radius 2 is 1.77 bits per heavy atom. The molecule has 1 heterocycles. The standard InChI is InChI=1S/C22H22Cl2N4O2/c1-4-21(30)27-7-9-28(10-8-27)22(26-3)17-12-15(18(24)13-19(17)25-2)16-11-14(23)5-6-20(16)29/h4-6,11-13,29H,1-2,7-10H2,3H3/b26-22+. The van der Waals surface area contributed by atoms with Crippen molar-refractivity contribution in [3.8, 4) is 16.9 Å². The Labute approximate surface area is 185 Å². The Morgan fingerprint density at radius 3 is 2.37 bits per heavy atom. The van der Waals surface area contributed by atoms with E-state index in [4.69, 9.17) is 23.2 Å². The zero-order chi connectivity index (χ0) is 21.8. The largest absolute Gasteiger partial charge is 0.507 e. The molecule has 30 heavy (non-hydrogen) atoms. The number of benzene rings is 2. The highest BCUT2D eigenvalue weighted by molar-refractivity contribution is 6.34. The third-order valence-corrected chi connectivity index (χ3v) is 5.57. The van der Waals surface area contributed by atoms with E-state index in [0.29, 0.717) is 58.9 Å². The molecule has 0 aromatic heterocycles. The fourth-order valence-electron chi connectivity index (χ4n) is 3.50. The molecule has 1 fully saturated rings. The third-order valence-electron chi connectivity index (χ3n) is 5.02. The first kappa shape index (κ1) is 21.9. The van der Waals surface area contributed by atoms with E-state index in [1.54, 1.807) is 30.1 Å². The number of carbonyl (C=O) groups is 1. The van der Waals surface area contributed by atoms with Crippen molar-refractivity contribution in [3.63, 3.8) is 0 Å². The van der Waals surface area contributed by atoms with E-state index in [2.05, 4.69) is 28.2 Å². The van der Waals surface area contributed by atoms with E-state index < -0.39 is 0 Å². The quantitative estimate of drug-likeness (QED) is 0.431. The molecule has 0 bridgehead atoms. The first-order valence-electron chi connectivity index (χ1n) is 9.32. The Hall–Kier alpha value is -2.83. The van der Waals surface area contributed by atoms with Crippen LogP contribution in [-0.4, -0.2) is 66.6 Å². The van der Waals surface area contributed by atoms with Gasteiger partial charge in [0.2, 0.25) is 5.91 Å². The number of amidine groups is 1. The summed E-state index contributed by atoms with van der Waals surface area (Å²) >= 11 is 12.6. The molecule has 156 valence electrons. The second-order valence-corrected chi connectivity index (χ2v) is 7.58. The van der Waals surface area contributed by atoms with E-state index in [0.717, 1.165) is 5.56 Å².